The van der Waals surface area contributed by atoms with Crippen LogP contribution >= 0.6 is 0 Å². The van der Waals surface area contributed by atoms with Gasteiger partial charge in [-0.3, -0.25) is 9.78 Å². The minimum Gasteiger partial charge on any atom is -0.497 e. The van der Waals surface area contributed by atoms with Crippen LogP contribution in [0.1, 0.15) is 35.5 Å². The summed E-state index contributed by atoms with van der Waals surface area (Å²) < 4.78 is 11.1. The summed E-state index contributed by atoms with van der Waals surface area (Å²) in [5.41, 5.74) is 2.76. The molecule has 0 aliphatic carbocycles. The van der Waals surface area contributed by atoms with Gasteiger partial charge < -0.3 is 14.8 Å². The Labute approximate surface area is 148 Å². The summed E-state index contributed by atoms with van der Waals surface area (Å²) in [6.07, 6.45) is 3.42. The Morgan fingerprint density at radius 3 is 2.96 bits per heavy atom. The Balaban J connectivity index is 1.68. The molecule has 0 radical (unpaired) electrons. The van der Waals surface area contributed by atoms with E-state index in [0.717, 1.165) is 30.0 Å². The van der Waals surface area contributed by atoms with Crippen molar-refractivity contribution in [3.8, 4) is 11.5 Å². The second kappa shape index (κ2) is 7.55. The van der Waals surface area contributed by atoms with Crippen LogP contribution in [0.2, 0.25) is 0 Å². The van der Waals surface area contributed by atoms with E-state index in [1.54, 1.807) is 19.4 Å². The number of aromatic nitrogens is 1. The fraction of sp³-hybridized carbons (Fsp3) is 0.400. The molecule has 0 spiro atoms. The number of hydrogen-bond donors (Lipinski definition) is 1. The van der Waals surface area contributed by atoms with Gasteiger partial charge in [0.2, 0.25) is 0 Å². The number of fused-ring (bicyclic) bond motifs is 1. The topological polar surface area (TPSA) is 60.5 Å². The molecule has 1 amide bonds. The van der Waals surface area contributed by atoms with Gasteiger partial charge in [0.1, 0.15) is 11.5 Å². The summed E-state index contributed by atoms with van der Waals surface area (Å²) in [4.78, 5) is 16.6. The Kier molecular flexibility index (Phi) is 5.22. The highest BCUT2D eigenvalue weighted by Gasteiger charge is 2.21. The second-order valence-corrected chi connectivity index (χ2v) is 6.72. The van der Waals surface area contributed by atoms with Crippen LogP contribution < -0.4 is 14.8 Å². The molecule has 0 saturated carbocycles. The van der Waals surface area contributed by atoms with Gasteiger partial charge in [-0.05, 0) is 50.5 Å². The van der Waals surface area contributed by atoms with E-state index in [1.807, 2.05) is 32.0 Å². The lowest BCUT2D eigenvalue weighted by Gasteiger charge is -2.25. The molecule has 0 unspecified atom stereocenters. The third-order valence-electron chi connectivity index (χ3n) is 4.25. The molecule has 1 atom stereocenters. The highest BCUT2D eigenvalue weighted by molar-refractivity contribution is 5.94. The van der Waals surface area contributed by atoms with Crippen molar-refractivity contribution >= 4 is 5.91 Å². The van der Waals surface area contributed by atoms with Crippen molar-refractivity contribution in [2.24, 2.45) is 5.92 Å². The van der Waals surface area contributed by atoms with Gasteiger partial charge in [0, 0.05) is 35.5 Å². The standard InChI is InChI=1S/C20H24N2O3/c1-13(2)22-20(23)16-6-7-21-17(10-16)9-14-8-15-4-5-18(24-3)11-19(15)25-12-14/h4-7,10-11,13-14H,8-9,12H2,1-3H3,(H,22,23)/t14-/m0/s1. The van der Waals surface area contributed by atoms with E-state index in [1.165, 1.54) is 5.56 Å². The van der Waals surface area contributed by atoms with Gasteiger partial charge in [-0.15, -0.1) is 0 Å². The van der Waals surface area contributed by atoms with Crippen molar-refractivity contribution in [2.45, 2.75) is 32.7 Å². The highest BCUT2D eigenvalue weighted by Crippen LogP contribution is 2.32. The minimum absolute atomic E-state index is 0.0593. The Morgan fingerprint density at radius 2 is 2.20 bits per heavy atom. The number of nitrogens with one attached hydrogen (secondary N) is 1. The number of carbonyl (C=O) groups is 1. The van der Waals surface area contributed by atoms with Crippen LogP contribution in [0, 0.1) is 5.92 Å². The van der Waals surface area contributed by atoms with Gasteiger partial charge in [0.25, 0.3) is 5.91 Å². The maximum atomic E-state index is 12.1. The second-order valence-electron chi connectivity index (χ2n) is 6.72. The van der Waals surface area contributed by atoms with Crippen LogP contribution in [0.3, 0.4) is 0 Å². The fourth-order valence-electron chi connectivity index (χ4n) is 3.05. The van der Waals surface area contributed by atoms with Crippen LogP contribution in [-0.2, 0) is 12.8 Å². The summed E-state index contributed by atoms with van der Waals surface area (Å²) in [7, 11) is 1.65. The Bertz CT molecular complexity index is 758. The van der Waals surface area contributed by atoms with Crippen LogP contribution in [0.15, 0.2) is 36.5 Å². The summed E-state index contributed by atoms with van der Waals surface area (Å²) in [6.45, 7) is 4.54. The molecule has 2 heterocycles. The summed E-state index contributed by atoms with van der Waals surface area (Å²) in [6, 6.07) is 9.69. The monoisotopic (exact) mass is 340 g/mol. The predicted octanol–water partition coefficient (Wildman–Crippen LogP) is 3.02. The van der Waals surface area contributed by atoms with E-state index in [4.69, 9.17) is 9.47 Å². The first kappa shape index (κ1) is 17.3. The largest absolute Gasteiger partial charge is 0.497 e. The van der Waals surface area contributed by atoms with Gasteiger partial charge in [-0.1, -0.05) is 6.07 Å². The molecule has 2 aromatic rings. The molecule has 0 saturated heterocycles. The Hall–Kier alpha value is -2.56. The van der Waals surface area contributed by atoms with E-state index in [0.29, 0.717) is 18.1 Å². The zero-order valence-corrected chi connectivity index (χ0v) is 14.9. The van der Waals surface area contributed by atoms with Gasteiger partial charge in [0.05, 0.1) is 13.7 Å². The van der Waals surface area contributed by atoms with Crippen molar-refractivity contribution in [3.05, 3.63) is 53.3 Å². The summed E-state index contributed by atoms with van der Waals surface area (Å²) >= 11 is 0. The van der Waals surface area contributed by atoms with Gasteiger partial charge in [-0.25, -0.2) is 0 Å². The predicted molar refractivity (Wildman–Crippen MR) is 96.2 cm³/mol. The smallest absolute Gasteiger partial charge is 0.251 e. The molecule has 1 N–H and O–H groups in total. The number of hydrogen-bond acceptors (Lipinski definition) is 4. The lowest BCUT2D eigenvalue weighted by atomic mass is 9.92. The number of amides is 1. The first-order valence-corrected chi connectivity index (χ1v) is 8.60. The fourth-order valence-corrected chi connectivity index (χ4v) is 3.05. The molecule has 132 valence electrons. The molecule has 5 nitrogen and oxygen atoms in total. The number of benzene rings is 1. The van der Waals surface area contributed by atoms with Gasteiger partial charge in [0.15, 0.2) is 0 Å². The number of rotatable bonds is 5. The summed E-state index contributed by atoms with van der Waals surface area (Å²) in [5.74, 6) is 1.99. The molecule has 0 bridgehead atoms. The molecular weight excluding hydrogens is 316 g/mol. The van der Waals surface area contributed by atoms with E-state index in [9.17, 15) is 4.79 Å². The van der Waals surface area contributed by atoms with Crippen LogP contribution in [-0.4, -0.2) is 30.6 Å². The lowest BCUT2D eigenvalue weighted by molar-refractivity contribution is 0.0943. The average Bonchev–Trinajstić information content (AvgIpc) is 2.61. The van der Waals surface area contributed by atoms with Crippen molar-refractivity contribution in [3.63, 3.8) is 0 Å². The number of carbonyl (C=O) groups excluding carboxylic acids is 1. The molecule has 1 aliphatic rings. The number of ether oxygens (including phenoxy) is 2. The highest BCUT2D eigenvalue weighted by atomic mass is 16.5. The molecule has 0 fully saturated rings. The van der Waals surface area contributed by atoms with Crippen molar-refractivity contribution in [2.75, 3.05) is 13.7 Å². The molecule has 1 aromatic carbocycles. The van der Waals surface area contributed by atoms with Crippen molar-refractivity contribution in [1.82, 2.24) is 10.3 Å². The van der Waals surface area contributed by atoms with E-state index in [2.05, 4.69) is 16.4 Å². The molecular formula is C20H24N2O3. The third-order valence-corrected chi connectivity index (χ3v) is 4.25. The van der Waals surface area contributed by atoms with Gasteiger partial charge in [-0.2, -0.15) is 0 Å². The molecule has 1 aromatic heterocycles. The van der Waals surface area contributed by atoms with E-state index >= 15 is 0 Å². The minimum atomic E-state index is -0.0593. The summed E-state index contributed by atoms with van der Waals surface area (Å²) in [5, 5.41) is 2.91. The first-order valence-electron chi connectivity index (χ1n) is 8.60. The SMILES string of the molecule is COc1ccc2c(c1)OC[C@H](Cc1cc(C(=O)NC(C)C)ccn1)C2. The van der Waals surface area contributed by atoms with E-state index in [-0.39, 0.29) is 11.9 Å². The number of methoxy groups -OCH3 is 1. The van der Waals surface area contributed by atoms with E-state index < -0.39 is 0 Å². The quantitative estimate of drug-likeness (QED) is 0.909. The zero-order chi connectivity index (χ0) is 17.8. The maximum Gasteiger partial charge on any atom is 0.251 e. The van der Waals surface area contributed by atoms with Crippen LogP contribution in [0.5, 0.6) is 11.5 Å². The van der Waals surface area contributed by atoms with Crippen LogP contribution in [0.4, 0.5) is 0 Å². The van der Waals surface area contributed by atoms with Crippen molar-refractivity contribution < 1.29 is 14.3 Å². The molecule has 1 aliphatic heterocycles. The van der Waals surface area contributed by atoms with Crippen molar-refractivity contribution in [1.29, 1.82) is 0 Å². The lowest BCUT2D eigenvalue weighted by Crippen LogP contribution is -2.30. The first-order chi connectivity index (χ1) is 12.0. The van der Waals surface area contributed by atoms with Crippen LogP contribution in [0.25, 0.3) is 0 Å². The third kappa shape index (κ3) is 4.29. The maximum absolute atomic E-state index is 12.1. The number of nitrogens with zero attached hydrogens (tertiary/aromatic N) is 1. The molecule has 5 heteroatoms. The molecule has 3 rings (SSSR count). The normalized spacial score (nSPS) is 16.1. The zero-order valence-electron chi connectivity index (χ0n) is 14.9. The molecule has 25 heavy (non-hydrogen) atoms. The van der Waals surface area contributed by atoms with Gasteiger partial charge >= 0.3 is 0 Å². The number of pyridine rings is 1. The average molecular weight is 340 g/mol. The Morgan fingerprint density at radius 1 is 1.36 bits per heavy atom.